The average molecular weight is 355 g/mol. The van der Waals surface area contributed by atoms with Crippen LogP contribution in [0.4, 0.5) is 0 Å². The van der Waals surface area contributed by atoms with Crippen molar-refractivity contribution in [2.45, 2.75) is 24.9 Å². The van der Waals surface area contributed by atoms with E-state index in [1.807, 2.05) is 19.9 Å². The molecule has 9 heteroatoms. The summed E-state index contributed by atoms with van der Waals surface area (Å²) in [7, 11) is 0. The maximum atomic E-state index is 6.23. The summed E-state index contributed by atoms with van der Waals surface area (Å²) in [5.74, 6) is 0.461. The molecule has 0 aliphatic rings. The van der Waals surface area contributed by atoms with Gasteiger partial charge in [-0.15, -0.1) is 22.8 Å². The molecular formula is C13H12Cl2N6S. The number of rotatable bonds is 3. The maximum Gasteiger partial charge on any atom is 0.209 e. The first-order valence-corrected chi connectivity index (χ1v) is 7.70. The Kier molecular flexibility index (Phi) is 4.12. The van der Waals surface area contributed by atoms with E-state index in [1.54, 1.807) is 23.0 Å². The molecule has 0 aliphatic heterocycles. The van der Waals surface area contributed by atoms with Crippen molar-refractivity contribution in [3.8, 4) is 17.1 Å². The molecule has 22 heavy (non-hydrogen) atoms. The zero-order valence-electron chi connectivity index (χ0n) is 11.8. The first-order chi connectivity index (χ1) is 10.5. The lowest BCUT2D eigenvalue weighted by Crippen LogP contribution is -2.04. The second kappa shape index (κ2) is 5.91. The number of benzene rings is 1. The second-order valence-corrected chi connectivity index (χ2v) is 6.10. The zero-order valence-corrected chi connectivity index (χ0v) is 14.2. The van der Waals surface area contributed by atoms with Gasteiger partial charge < -0.3 is 0 Å². The molecule has 0 radical (unpaired) electrons. The fourth-order valence-electron chi connectivity index (χ4n) is 1.88. The van der Waals surface area contributed by atoms with E-state index in [0.717, 1.165) is 0 Å². The molecule has 1 aromatic carbocycles. The topological polar surface area (TPSA) is 61.4 Å². The minimum Gasteiger partial charge on any atom is -0.225 e. The Morgan fingerprint density at radius 3 is 2.68 bits per heavy atom. The van der Waals surface area contributed by atoms with Crippen molar-refractivity contribution in [3.05, 3.63) is 34.4 Å². The number of aromatic nitrogens is 6. The molecule has 2 heterocycles. The molecule has 0 aliphatic carbocycles. The highest BCUT2D eigenvalue weighted by atomic mass is 35.5. The summed E-state index contributed by atoms with van der Waals surface area (Å²) in [4.78, 5) is 1.53. The van der Waals surface area contributed by atoms with Gasteiger partial charge in [0.25, 0.3) is 0 Å². The van der Waals surface area contributed by atoms with Crippen molar-refractivity contribution in [2.75, 3.05) is 0 Å². The molecule has 0 spiro atoms. The van der Waals surface area contributed by atoms with E-state index < -0.39 is 0 Å². The molecule has 0 atom stereocenters. The molecule has 0 N–H and O–H groups in total. The number of hydrogen-bond acceptors (Lipinski definition) is 5. The van der Waals surface area contributed by atoms with Crippen molar-refractivity contribution in [1.82, 2.24) is 30.0 Å². The Morgan fingerprint density at radius 1 is 1.23 bits per heavy atom. The van der Waals surface area contributed by atoms with E-state index in [0.29, 0.717) is 32.1 Å². The summed E-state index contributed by atoms with van der Waals surface area (Å²) in [5.41, 5.74) is 1.31. The van der Waals surface area contributed by atoms with Crippen LogP contribution in [-0.4, -0.2) is 30.0 Å². The minimum atomic E-state index is 0.127. The second-order valence-electron chi connectivity index (χ2n) is 4.89. The van der Waals surface area contributed by atoms with Crippen molar-refractivity contribution in [1.29, 1.82) is 0 Å². The predicted molar refractivity (Wildman–Crippen MR) is 88.0 cm³/mol. The van der Waals surface area contributed by atoms with Gasteiger partial charge in [-0.1, -0.05) is 29.3 Å². The van der Waals surface area contributed by atoms with Crippen LogP contribution >= 0.6 is 35.8 Å². The quantitative estimate of drug-likeness (QED) is 0.728. The van der Waals surface area contributed by atoms with Gasteiger partial charge in [-0.25, -0.2) is 4.68 Å². The SMILES string of the molecule is CC(C)n1nnc(-c2cnn(-c3cccc(Cl)c3Cl)c2S)n1. The lowest BCUT2D eigenvalue weighted by Gasteiger charge is -2.07. The first-order valence-electron chi connectivity index (χ1n) is 6.50. The highest BCUT2D eigenvalue weighted by Gasteiger charge is 2.18. The van der Waals surface area contributed by atoms with E-state index in [-0.39, 0.29) is 6.04 Å². The molecular weight excluding hydrogens is 343 g/mol. The van der Waals surface area contributed by atoms with Crippen LogP contribution in [0.5, 0.6) is 0 Å². The third kappa shape index (κ3) is 2.60. The molecule has 0 bridgehead atoms. The Hall–Kier alpha value is -1.57. The Morgan fingerprint density at radius 2 is 2.00 bits per heavy atom. The molecule has 0 amide bonds. The summed E-state index contributed by atoms with van der Waals surface area (Å²) in [5, 5.41) is 18.1. The van der Waals surface area contributed by atoms with Gasteiger partial charge in [0.2, 0.25) is 5.82 Å². The van der Waals surface area contributed by atoms with E-state index in [2.05, 4.69) is 33.1 Å². The fraction of sp³-hybridized carbons (Fsp3) is 0.231. The van der Waals surface area contributed by atoms with Crippen LogP contribution in [0.1, 0.15) is 19.9 Å². The fourth-order valence-corrected chi connectivity index (χ4v) is 2.58. The zero-order chi connectivity index (χ0) is 15.9. The summed E-state index contributed by atoms with van der Waals surface area (Å²) in [6.07, 6.45) is 1.63. The molecule has 3 rings (SSSR count). The number of thiol groups is 1. The minimum absolute atomic E-state index is 0.127. The van der Waals surface area contributed by atoms with Crippen LogP contribution in [0, 0.1) is 0 Å². The monoisotopic (exact) mass is 354 g/mol. The Bertz CT molecular complexity index is 826. The molecule has 0 saturated carbocycles. The molecule has 114 valence electrons. The van der Waals surface area contributed by atoms with E-state index in [1.165, 1.54) is 4.80 Å². The van der Waals surface area contributed by atoms with E-state index in [9.17, 15) is 0 Å². The molecule has 0 unspecified atom stereocenters. The third-order valence-electron chi connectivity index (χ3n) is 3.03. The standard InChI is InChI=1S/C13H12Cl2N6S/c1-7(2)21-18-12(17-19-21)8-6-16-20(13(8)22)10-5-3-4-9(14)11(10)15/h3-7,22H,1-2H3. The van der Waals surface area contributed by atoms with Gasteiger partial charge >= 0.3 is 0 Å². The van der Waals surface area contributed by atoms with Gasteiger partial charge in [-0.05, 0) is 31.2 Å². The largest absolute Gasteiger partial charge is 0.225 e. The molecule has 6 nitrogen and oxygen atoms in total. The lowest BCUT2D eigenvalue weighted by molar-refractivity contribution is 0.455. The van der Waals surface area contributed by atoms with Crippen LogP contribution in [0.3, 0.4) is 0 Å². The highest BCUT2D eigenvalue weighted by molar-refractivity contribution is 7.80. The number of nitrogens with zero attached hydrogens (tertiary/aromatic N) is 6. The summed E-state index contributed by atoms with van der Waals surface area (Å²) in [6.45, 7) is 3.95. The Balaban J connectivity index is 2.07. The average Bonchev–Trinajstić information content (AvgIpc) is 3.09. The van der Waals surface area contributed by atoms with Crippen molar-refractivity contribution in [3.63, 3.8) is 0 Å². The summed E-state index contributed by atoms with van der Waals surface area (Å²) >= 11 is 16.8. The van der Waals surface area contributed by atoms with Gasteiger partial charge in [-0.2, -0.15) is 9.90 Å². The predicted octanol–water partition coefficient (Wildman–Crippen LogP) is 3.70. The molecule has 0 fully saturated rings. The number of tetrazole rings is 1. The third-order valence-corrected chi connectivity index (χ3v) is 4.27. The van der Waals surface area contributed by atoms with Crippen molar-refractivity contribution >= 4 is 35.8 Å². The lowest BCUT2D eigenvalue weighted by atomic mass is 10.3. The number of halogens is 2. The van der Waals surface area contributed by atoms with Crippen molar-refractivity contribution in [2.24, 2.45) is 0 Å². The van der Waals surface area contributed by atoms with Gasteiger partial charge in [0.1, 0.15) is 5.03 Å². The van der Waals surface area contributed by atoms with Crippen LogP contribution < -0.4 is 0 Å². The van der Waals surface area contributed by atoms with Gasteiger partial charge in [-0.3, -0.25) is 0 Å². The summed E-state index contributed by atoms with van der Waals surface area (Å²) < 4.78 is 1.59. The Labute approximate surface area is 142 Å². The van der Waals surface area contributed by atoms with E-state index in [4.69, 9.17) is 23.2 Å². The van der Waals surface area contributed by atoms with Crippen LogP contribution in [-0.2, 0) is 0 Å². The molecule has 0 saturated heterocycles. The first kappa shape index (κ1) is 15.3. The van der Waals surface area contributed by atoms with E-state index >= 15 is 0 Å². The normalized spacial score (nSPS) is 11.4. The molecule has 2 aromatic heterocycles. The van der Waals surface area contributed by atoms with Gasteiger partial charge in [0, 0.05) is 0 Å². The van der Waals surface area contributed by atoms with Gasteiger partial charge in [0.15, 0.2) is 0 Å². The van der Waals surface area contributed by atoms with Gasteiger partial charge in [0.05, 0.1) is 33.5 Å². The van der Waals surface area contributed by atoms with Crippen LogP contribution in [0.15, 0.2) is 29.4 Å². The summed E-state index contributed by atoms with van der Waals surface area (Å²) in [6, 6.07) is 5.45. The highest BCUT2D eigenvalue weighted by Crippen LogP contribution is 2.32. The van der Waals surface area contributed by atoms with Crippen LogP contribution in [0.25, 0.3) is 17.1 Å². The maximum absolute atomic E-state index is 6.23. The number of hydrogen-bond donors (Lipinski definition) is 1. The van der Waals surface area contributed by atoms with Crippen molar-refractivity contribution < 1.29 is 0 Å². The van der Waals surface area contributed by atoms with Crippen LogP contribution in [0.2, 0.25) is 10.0 Å². The smallest absolute Gasteiger partial charge is 0.209 e. The molecule has 3 aromatic rings.